The van der Waals surface area contributed by atoms with Crippen LogP contribution in [0.15, 0.2) is 24.3 Å². The summed E-state index contributed by atoms with van der Waals surface area (Å²) >= 11 is 5.94. The summed E-state index contributed by atoms with van der Waals surface area (Å²) < 4.78 is 5.64. The van der Waals surface area contributed by atoms with Crippen molar-refractivity contribution in [2.24, 2.45) is 5.92 Å². The Bertz CT molecular complexity index is 520. The van der Waals surface area contributed by atoms with Crippen LogP contribution >= 0.6 is 11.6 Å². The standard InChI is InChI=1S/C14H16ClNO4/c1-9(14(18)19)13(17)16-5-6-20-12(8-16)10-3-2-4-11(15)7-10/h2-4,7,9,12H,5-6,8H2,1H3,(H,18,19). The molecule has 1 aromatic carbocycles. The van der Waals surface area contributed by atoms with Crippen LogP contribution in [0, 0.1) is 5.92 Å². The summed E-state index contributed by atoms with van der Waals surface area (Å²) in [6, 6.07) is 7.26. The van der Waals surface area contributed by atoms with Crippen molar-refractivity contribution in [2.75, 3.05) is 19.7 Å². The second-order valence-corrected chi connectivity index (χ2v) is 5.20. The Morgan fingerprint density at radius 3 is 2.90 bits per heavy atom. The fourth-order valence-corrected chi connectivity index (χ4v) is 2.34. The monoisotopic (exact) mass is 297 g/mol. The minimum atomic E-state index is -1.11. The number of rotatable bonds is 3. The van der Waals surface area contributed by atoms with Gasteiger partial charge in [0.1, 0.15) is 12.0 Å². The topological polar surface area (TPSA) is 66.8 Å². The molecule has 20 heavy (non-hydrogen) atoms. The van der Waals surface area contributed by atoms with Crippen LogP contribution in [-0.2, 0) is 14.3 Å². The minimum Gasteiger partial charge on any atom is -0.481 e. The third kappa shape index (κ3) is 3.29. The van der Waals surface area contributed by atoms with Gasteiger partial charge in [0.05, 0.1) is 13.2 Å². The Kier molecular flexibility index (Phi) is 4.62. The molecule has 1 aliphatic rings. The highest BCUT2D eigenvalue weighted by Gasteiger charge is 2.31. The number of halogens is 1. The number of hydrogen-bond acceptors (Lipinski definition) is 3. The zero-order valence-electron chi connectivity index (χ0n) is 11.1. The lowest BCUT2D eigenvalue weighted by molar-refractivity contribution is -0.154. The van der Waals surface area contributed by atoms with Gasteiger partial charge in [-0.25, -0.2) is 0 Å². The van der Waals surface area contributed by atoms with Crippen molar-refractivity contribution in [3.63, 3.8) is 0 Å². The first-order chi connectivity index (χ1) is 9.49. The number of amides is 1. The van der Waals surface area contributed by atoms with Crippen molar-refractivity contribution in [2.45, 2.75) is 13.0 Å². The molecule has 1 saturated heterocycles. The van der Waals surface area contributed by atoms with E-state index in [1.165, 1.54) is 11.8 Å². The number of benzene rings is 1. The summed E-state index contributed by atoms with van der Waals surface area (Å²) in [5.41, 5.74) is 0.887. The quantitative estimate of drug-likeness (QED) is 0.866. The predicted molar refractivity (Wildman–Crippen MR) is 73.5 cm³/mol. The number of ether oxygens (including phenoxy) is 1. The molecular formula is C14H16ClNO4. The molecule has 0 bridgehead atoms. The van der Waals surface area contributed by atoms with Crippen LogP contribution < -0.4 is 0 Å². The average Bonchev–Trinajstić information content (AvgIpc) is 2.45. The SMILES string of the molecule is CC(C(=O)O)C(=O)N1CCOC(c2cccc(Cl)c2)C1. The molecule has 1 amide bonds. The first-order valence-electron chi connectivity index (χ1n) is 6.37. The second-order valence-electron chi connectivity index (χ2n) is 4.76. The van der Waals surface area contributed by atoms with Crippen molar-refractivity contribution in [1.82, 2.24) is 4.90 Å². The van der Waals surface area contributed by atoms with E-state index < -0.39 is 11.9 Å². The number of aliphatic carboxylic acids is 1. The molecule has 1 aliphatic heterocycles. The minimum absolute atomic E-state index is 0.271. The van der Waals surface area contributed by atoms with Gasteiger partial charge in [0.2, 0.25) is 5.91 Å². The van der Waals surface area contributed by atoms with E-state index in [0.29, 0.717) is 24.7 Å². The number of morpholine rings is 1. The van der Waals surface area contributed by atoms with Gasteiger partial charge in [0, 0.05) is 11.6 Å². The predicted octanol–water partition coefficient (Wildman–Crippen LogP) is 1.96. The highest BCUT2D eigenvalue weighted by atomic mass is 35.5. The van der Waals surface area contributed by atoms with Crippen LogP contribution in [-0.4, -0.2) is 41.6 Å². The second kappa shape index (κ2) is 6.24. The van der Waals surface area contributed by atoms with Crippen molar-refractivity contribution >= 4 is 23.5 Å². The van der Waals surface area contributed by atoms with E-state index in [0.717, 1.165) is 5.56 Å². The van der Waals surface area contributed by atoms with Crippen LogP contribution in [0.4, 0.5) is 0 Å². The Morgan fingerprint density at radius 1 is 1.50 bits per heavy atom. The van der Waals surface area contributed by atoms with Gasteiger partial charge in [0.15, 0.2) is 0 Å². The first kappa shape index (κ1) is 14.8. The molecule has 5 nitrogen and oxygen atoms in total. The van der Waals surface area contributed by atoms with Gasteiger partial charge in [-0.15, -0.1) is 0 Å². The summed E-state index contributed by atoms with van der Waals surface area (Å²) in [6.07, 6.45) is -0.271. The van der Waals surface area contributed by atoms with Gasteiger partial charge in [-0.3, -0.25) is 9.59 Å². The van der Waals surface area contributed by atoms with Crippen LogP contribution in [0.2, 0.25) is 5.02 Å². The third-order valence-electron chi connectivity index (χ3n) is 3.34. The Morgan fingerprint density at radius 2 is 2.25 bits per heavy atom. The van der Waals surface area contributed by atoms with E-state index in [4.69, 9.17) is 21.4 Å². The molecule has 2 rings (SSSR count). The van der Waals surface area contributed by atoms with E-state index in [-0.39, 0.29) is 12.0 Å². The lowest BCUT2D eigenvalue weighted by Crippen LogP contribution is -2.45. The molecule has 2 unspecified atom stereocenters. The summed E-state index contributed by atoms with van der Waals surface area (Å²) in [6.45, 7) is 2.54. The third-order valence-corrected chi connectivity index (χ3v) is 3.57. The molecule has 1 aromatic rings. The number of carbonyl (C=O) groups is 2. The maximum atomic E-state index is 12.0. The van der Waals surface area contributed by atoms with Crippen LogP contribution in [0.1, 0.15) is 18.6 Å². The van der Waals surface area contributed by atoms with E-state index in [9.17, 15) is 9.59 Å². The molecule has 0 aromatic heterocycles. The van der Waals surface area contributed by atoms with Crippen molar-refractivity contribution in [3.05, 3.63) is 34.9 Å². The van der Waals surface area contributed by atoms with Gasteiger partial charge in [0.25, 0.3) is 0 Å². The van der Waals surface area contributed by atoms with E-state index in [2.05, 4.69) is 0 Å². The summed E-state index contributed by atoms with van der Waals surface area (Å²) in [5, 5.41) is 9.51. The number of nitrogens with zero attached hydrogens (tertiary/aromatic N) is 1. The van der Waals surface area contributed by atoms with E-state index >= 15 is 0 Å². The van der Waals surface area contributed by atoms with Gasteiger partial charge in [-0.1, -0.05) is 23.7 Å². The molecule has 1 heterocycles. The molecule has 6 heteroatoms. The number of carboxylic acids is 1. The summed E-state index contributed by atoms with van der Waals surface area (Å²) in [7, 11) is 0. The molecule has 1 fully saturated rings. The molecule has 0 aliphatic carbocycles. The van der Waals surface area contributed by atoms with Gasteiger partial charge < -0.3 is 14.7 Å². The average molecular weight is 298 g/mol. The summed E-state index contributed by atoms with van der Waals surface area (Å²) in [4.78, 5) is 24.5. The highest BCUT2D eigenvalue weighted by molar-refractivity contribution is 6.30. The highest BCUT2D eigenvalue weighted by Crippen LogP contribution is 2.25. The largest absolute Gasteiger partial charge is 0.481 e. The fraction of sp³-hybridized carbons (Fsp3) is 0.429. The molecule has 0 spiro atoms. The molecule has 1 N–H and O–H groups in total. The van der Waals surface area contributed by atoms with Crippen molar-refractivity contribution in [1.29, 1.82) is 0 Å². The molecule has 0 radical (unpaired) electrons. The zero-order chi connectivity index (χ0) is 14.7. The maximum absolute atomic E-state index is 12.0. The molecule has 108 valence electrons. The van der Waals surface area contributed by atoms with Crippen LogP contribution in [0.25, 0.3) is 0 Å². The van der Waals surface area contributed by atoms with E-state index in [1.54, 1.807) is 12.1 Å². The lowest BCUT2D eigenvalue weighted by Gasteiger charge is -2.34. The Balaban J connectivity index is 2.09. The Hall–Kier alpha value is -1.59. The number of hydrogen-bond donors (Lipinski definition) is 1. The fourth-order valence-electron chi connectivity index (χ4n) is 2.14. The Labute approximate surface area is 122 Å². The smallest absolute Gasteiger partial charge is 0.315 e. The van der Waals surface area contributed by atoms with Gasteiger partial charge >= 0.3 is 5.97 Å². The first-order valence-corrected chi connectivity index (χ1v) is 6.75. The lowest BCUT2D eigenvalue weighted by atomic mass is 10.1. The number of carbonyl (C=O) groups excluding carboxylic acids is 1. The van der Waals surface area contributed by atoms with Crippen molar-refractivity contribution in [3.8, 4) is 0 Å². The maximum Gasteiger partial charge on any atom is 0.315 e. The van der Waals surface area contributed by atoms with Gasteiger partial charge in [-0.2, -0.15) is 0 Å². The van der Waals surface area contributed by atoms with E-state index in [1.807, 2.05) is 12.1 Å². The summed E-state index contributed by atoms with van der Waals surface area (Å²) in [5.74, 6) is -2.53. The normalized spacial score (nSPS) is 20.5. The van der Waals surface area contributed by atoms with Gasteiger partial charge in [-0.05, 0) is 24.6 Å². The van der Waals surface area contributed by atoms with Crippen LogP contribution in [0.5, 0.6) is 0 Å². The molecular weight excluding hydrogens is 282 g/mol. The van der Waals surface area contributed by atoms with Crippen molar-refractivity contribution < 1.29 is 19.4 Å². The van der Waals surface area contributed by atoms with Crippen LogP contribution in [0.3, 0.4) is 0 Å². The molecule has 2 atom stereocenters. The molecule has 0 saturated carbocycles. The zero-order valence-corrected chi connectivity index (χ0v) is 11.8. The number of carboxylic acid groups (broad SMARTS) is 1.